The van der Waals surface area contributed by atoms with E-state index in [1.54, 1.807) is 0 Å². The Morgan fingerprint density at radius 1 is 1.14 bits per heavy atom. The zero-order chi connectivity index (χ0) is 15.2. The van der Waals surface area contributed by atoms with E-state index < -0.39 is 0 Å². The van der Waals surface area contributed by atoms with E-state index in [9.17, 15) is 4.79 Å². The van der Waals surface area contributed by atoms with Gasteiger partial charge in [0.15, 0.2) is 0 Å². The predicted octanol–water partition coefficient (Wildman–Crippen LogP) is 4.46. The third-order valence-electron chi connectivity index (χ3n) is 3.61. The number of benzene rings is 2. The Balaban J connectivity index is 1.90. The highest BCUT2D eigenvalue weighted by Crippen LogP contribution is 2.18. The summed E-state index contributed by atoms with van der Waals surface area (Å²) in [5, 5.41) is 3.76. The van der Waals surface area contributed by atoms with E-state index in [1.165, 1.54) is 5.56 Å². The fraction of sp³-hybridized carbons (Fsp3) is 0.278. The predicted molar refractivity (Wildman–Crippen MR) is 87.5 cm³/mol. The smallest absolute Gasteiger partial charge is 0.220 e. The maximum Gasteiger partial charge on any atom is 0.220 e. The maximum absolute atomic E-state index is 12.1. The fourth-order valence-electron chi connectivity index (χ4n) is 2.41. The number of hydrogen-bond acceptors (Lipinski definition) is 1. The second-order valence-electron chi connectivity index (χ2n) is 5.24. The molecule has 21 heavy (non-hydrogen) atoms. The molecule has 2 nitrogen and oxygen atoms in total. The molecule has 0 radical (unpaired) electrons. The molecular formula is C18H20ClNO. The average molecular weight is 302 g/mol. The Hall–Kier alpha value is -1.80. The molecule has 0 fully saturated rings. The van der Waals surface area contributed by atoms with E-state index in [-0.39, 0.29) is 11.9 Å². The first-order valence-corrected chi connectivity index (χ1v) is 7.54. The van der Waals surface area contributed by atoms with Crippen LogP contribution in [-0.4, -0.2) is 5.91 Å². The topological polar surface area (TPSA) is 29.1 Å². The van der Waals surface area contributed by atoms with Crippen molar-refractivity contribution in [1.82, 2.24) is 5.32 Å². The van der Waals surface area contributed by atoms with Crippen LogP contribution < -0.4 is 5.32 Å². The van der Waals surface area contributed by atoms with E-state index in [2.05, 4.69) is 18.3 Å². The second kappa shape index (κ2) is 7.28. The van der Waals surface area contributed by atoms with Crippen molar-refractivity contribution < 1.29 is 4.79 Å². The molecule has 1 amide bonds. The second-order valence-corrected chi connectivity index (χ2v) is 5.64. The minimum absolute atomic E-state index is 0.0185. The molecule has 2 rings (SSSR count). The molecule has 2 aromatic rings. The van der Waals surface area contributed by atoms with Gasteiger partial charge in [-0.1, -0.05) is 54.1 Å². The molecule has 0 aromatic heterocycles. The highest BCUT2D eigenvalue weighted by atomic mass is 35.5. The molecule has 0 saturated heterocycles. The highest BCUT2D eigenvalue weighted by Gasteiger charge is 2.11. The van der Waals surface area contributed by atoms with Crippen LogP contribution in [0.5, 0.6) is 0 Å². The monoisotopic (exact) mass is 301 g/mol. The number of rotatable bonds is 5. The number of hydrogen-bond donors (Lipinski definition) is 1. The van der Waals surface area contributed by atoms with E-state index >= 15 is 0 Å². The van der Waals surface area contributed by atoms with Gasteiger partial charge in [-0.3, -0.25) is 4.79 Å². The number of nitrogens with one attached hydrogen (secondary N) is 1. The summed E-state index contributed by atoms with van der Waals surface area (Å²) >= 11 is 6.10. The molecule has 0 aliphatic heterocycles. The Bertz CT molecular complexity index is 624. The first-order chi connectivity index (χ1) is 10.1. The summed E-state index contributed by atoms with van der Waals surface area (Å²) in [7, 11) is 0. The van der Waals surface area contributed by atoms with Crippen LogP contribution >= 0.6 is 11.6 Å². The third kappa shape index (κ3) is 4.33. The van der Waals surface area contributed by atoms with Crippen LogP contribution in [0.15, 0.2) is 48.5 Å². The van der Waals surface area contributed by atoms with Gasteiger partial charge in [-0.2, -0.15) is 0 Å². The standard InChI is InChI=1S/C18H20ClNO/c1-13-7-3-5-9-16(13)14(2)20-18(21)12-11-15-8-4-6-10-17(15)19/h3-10,14H,11-12H2,1-2H3,(H,20,21). The van der Waals surface area contributed by atoms with Crippen molar-refractivity contribution in [2.75, 3.05) is 0 Å². The fourth-order valence-corrected chi connectivity index (χ4v) is 2.64. The molecule has 0 saturated carbocycles. The SMILES string of the molecule is Cc1ccccc1C(C)NC(=O)CCc1ccccc1Cl. The van der Waals surface area contributed by atoms with Gasteiger partial charge in [0, 0.05) is 11.4 Å². The van der Waals surface area contributed by atoms with Gasteiger partial charge in [-0.15, -0.1) is 0 Å². The van der Waals surface area contributed by atoms with Crippen molar-refractivity contribution in [3.63, 3.8) is 0 Å². The summed E-state index contributed by atoms with van der Waals surface area (Å²) in [4.78, 5) is 12.1. The zero-order valence-electron chi connectivity index (χ0n) is 12.4. The van der Waals surface area contributed by atoms with Crippen molar-refractivity contribution in [3.8, 4) is 0 Å². The molecule has 3 heteroatoms. The lowest BCUT2D eigenvalue weighted by Crippen LogP contribution is -2.27. The van der Waals surface area contributed by atoms with E-state index in [4.69, 9.17) is 11.6 Å². The lowest BCUT2D eigenvalue weighted by atomic mass is 10.0. The van der Waals surface area contributed by atoms with Crippen LogP contribution in [0.1, 0.15) is 36.1 Å². The van der Waals surface area contributed by atoms with Gasteiger partial charge in [0.25, 0.3) is 0 Å². The van der Waals surface area contributed by atoms with E-state index in [1.807, 2.05) is 49.4 Å². The van der Waals surface area contributed by atoms with Crippen molar-refractivity contribution in [2.24, 2.45) is 0 Å². The van der Waals surface area contributed by atoms with Crippen LogP contribution in [0.3, 0.4) is 0 Å². The van der Waals surface area contributed by atoms with Crippen LogP contribution in [0, 0.1) is 6.92 Å². The van der Waals surface area contributed by atoms with Gasteiger partial charge < -0.3 is 5.32 Å². The third-order valence-corrected chi connectivity index (χ3v) is 3.98. The van der Waals surface area contributed by atoms with E-state index in [0.717, 1.165) is 16.1 Å². The largest absolute Gasteiger partial charge is 0.350 e. The minimum atomic E-state index is 0.0185. The van der Waals surface area contributed by atoms with Gasteiger partial charge in [-0.25, -0.2) is 0 Å². The Labute approximate surface area is 131 Å². The van der Waals surface area contributed by atoms with Crippen LogP contribution in [0.2, 0.25) is 5.02 Å². The highest BCUT2D eigenvalue weighted by molar-refractivity contribution is 6.31. The first-order valence-electron chi connectivity index (χ1n) is 7.16. The normalized spacial score (nSPS) is 12.0. The summed E-state index contributed by atoms with van der Waals surface area (Å²) in [5.41, 5.74) is 3.36. The molecule has 1 unspecified atom stereocenters. The maximum atomic E-state index is 12.1. The van der Waals surface area contributed by atoms with Gasteiger partial charge in [0.1, 0.15) is 0 Å². The molecule has 110 valence electrons. The Morgan fingerprint density at radius 2 is 1.81 bits per heavy atom. The van der Waals surface area contributed by atoms with Crippen molar-refractivity contribution in [1.29, 1.82) is 0 Å². The lowest BCUT2D eigenvalue weighted by Gasteiger charge is -2.16. The molecule has 0 bridgehead atoms. The average Bonchev–Trinajstić information content (AvgIpc) is 2.46. The van der Waals surface area contributed by atoms with Crippen molar-refractivity contribution >= 4 is 17.5 Å². The van der Waals surface area contributed by atoms with Gasteiger partial charge in [0.05, 0.1) is 6.04 Å². The summed E-state index contributed by atoms with van der Waals surface area (Å²) in [6.45, 7) is 4.07. The lowest BCUT2D eigenvalue weighted by molar-refractivity contribution is -0.121. The number of aryl methyl sites for hydroxylation is 2. The van der Waals surface area contributed by atoms with Crippen molar-refractivity contribution in [2.45, 2.75) is 32.7 Å². The van der Waals surface area contributed by atoms with Crippen molar-refractivity contribution in [3.05, 3.63) is 70.2 Å². The summed E-state index contributed by atoms with van der Waals surface area (Å²) < 4.78 is 0. The number of carbonyl (C=O) groups is 1. The summed E-state index contributed by atoms with van der Waals surface area (Å²) in [5.74, 6) is 0.0469. The molecule has 0 heterocycles. The molecule has 0 spiro atoms. The summed E-state index contributed by atoms with van der Waals surface area (Å²) in [6.07, 6.45) is 1.10. The molecule has 1 N–H and O–H groups in total. The van der Waals surface area contributed by atoms with Crippen LogP contribution in [0.4, 0.5) is 0 Å². The Morgan fingerprint density at radius 3 is 2.52 bits per heavy atom. The molecule has 1 atom stereocenters. The van der Waals surface area contributed by atoms with Crippen LogP contribution in [-0.2, 0) is 11.2 Å². The Kier molecular flexibility index (Phi) is 5.40. The molecule has 2 aromatic carbocycles. The van der Waals surface area contributed by atoms with Gasteiger partial charge >= 0.3 is 0 Å². The molecular weight excluding hydrogens is 282 g/mol. The quantitative estimate of drug-likeness (QED) is 0.868. The number of amides is 1. The number of halogens is 1. The molecule has 0 aliphatic carbocycles. The number of carbonyl (C=O) groups excluding carboxylic acids is 1. The minimum Gasteiger partial charge on any atom is -0.350 e. The zero-order valence-corrected chi connectivity index (χ0v) is 13.2. The molecule has 0 aliphatic rings. The van der Waals surface area contributed by atoms with Gasteiger partial charge in [-0.05, 0) is 43.0 Å². The van der Waals surface area contributed by atoms with E-state index in [0.29, 0.717) is 12.8 Å². The first kappa shape index (κ1) is 15.6. The summed E-state index contributed by atoms with van der Waals surface area (Å²) in [6, 6.07) is 15.8. The van der Waals surface area contributed by atoms with Gasteiger partial charge in [0.2, 0.25) is 5.91 Å². The van der Waals surface area contributed by atoms with Crippen LogP contribution in [0.25, 0.3) is 0 Å².